The highest BCUT2D eigenvalue weighted by molar-refractivity contribution is 5.94. The first kappa shape index (κ1) is 16.7. The average molecular weight is 322 g/mol. The van der Waals surface area contributed by atoms with Crippen molar-refractivity contribution in [3.63, 3.8) is 0 Å². The predicted molar refractivity (Wildman–Crippen MR) is 97.9 cm³/mol. The van der Waals surface area contributed by atoms with Gasteiger partial charge in [-0.3, -0.25) is 9.69 Å². The van der Waals surface area contributed by atoms with Gasteiger partial charge in [0.15, 0.2) is 0 Å². The Bertz CT molecular complexity index is 713. The molecule has 1 aliphatic rings. The van der Waals surface area contributed by atoms with Crippen LogP contribution in [-0.2, 0) is 19.5 Å². The molecular weight excluding hydrogens is 296 g/mol. The summed E-state index contributed by atoms with van der Waals surface area (Å²) in [6, 6.07) is 16.7. The zero-order chi connectivity index (χ0) is 17.2. The van der Waals surface area contributed by atoms with Crippen molar-refractivity contribution in [2.45, 2.75) is 45.8 Å². The van der Waals surface area contributed by atoms with Crippen molar-refractivity contribution in [3.05, 3.63) is 70.8 Å². The Kier molecular flexibility index (Phi) is 4.72. The van der Waals surface area contributed by atoms with E-state index in [0.29, 0.717) is 0 Å². The molecule has 1 aliphatic heterocycles. The van der Waals surface area contributed by atoms with E-state index in [0.717, 1.165) is 31.6 Å². The summed E-state index contributed by atoms with van der Waals surface area (Å²) in [5.41, 5.74) is 4.67. The van der Waals surface area contributed by atoms with Gasteiger partial charge in [0.25, 0.3) is 5.91 Å². The Hall–Kier alpha value is -2.13. The molecule has 1 heterocycles. The van der Waals surface area contributed by atoms with Gasteiger partial charge in [0.2, 0.25) is 0 Å². The van der Waals surface area contributed by atoms with Crippen LogP contribution < -0.4 is 5.32 Å². The minimum Gasteiger partial charge on any atom is -0.347 e. The summed E-state index contributed by atoms with van der Waals surface area (Å²) >= 11 is 0. The van der Waals surface area contributed by atoms with Crippen molar-refractivity contribution in [3.8, 4) is 0 Å². The lowest BCUT2D eigenvalue weighted by molar-refractivity contribution is 0.0919. The number of nitrogens with zero attached hydrogens (tertiary/aromatic N) is 1. The van der Waals surface area contributed by atoms with Gasteiger partial charge in [-0.1, -0.05) is 36.4 Å². The number of carbonyl (C=O) groups is 1. The molecule has 0 radical (unpaired) electrons. The van der Waals surface area contributed by atoms with E-state index >= 15 is 0 Å². The highest BCUT2D eigenvalue weighted by Crippen LogP contribution is 2.20. The van der Waals surface area contributed by atoms with Crippen LogP contribution in [0.1, 0.15) is 47.8 Å². The lowest BCUT2D eigenvalue weighted by Gasteiger charge is -2.28. The second-order valence-electron chi connectivity index (χ2n) is 7.63. The molecular formula is C21H26N2O. The molecule has 0 aliphatic carbocycles. The van der Waals surface area contributed by atoms with Gasteiger partial charge in [0.05, 0.1) is 0 Å². The fourth-order valence-electron chi connectivity index (χ4n) is 3.12. The van der Waals surface area contributed by atoms with Crippen LogP contribution in [0.3, 0.4) is 0 Å². The van der Waals surface area contributed by atoms with Gasteiger partial charge >= 0.3 is 0 Å². The zero-order valence-electron chi connectivity index (χ0n) is 14.8. The molecule has 0 saturated heterocycles. The van der Waals surface area contributed by atoms with Gasteiger partial charge in [0.1, 0.15) is 0 Å². The van der Waals surface area contributed by atoms with E-state index in [1.807, 2.05) is 32.9 Å². The second kappa shape index (κ2) is 6.78. The largest absolute Gasteiger partial charge is 0.347 e. The first-order chi connectivity index (χ1) is 11.4. The molecule has 0 saturated carbocycles. The van der Waals surface area contributed by atoms with Crippen LogP contribution in [0.25, 0.3) is 0 Å². The molecule has 2 aromatic carbocycles. The van der Waals surface area contributed by atoms with Crippen molar-refractivity contribution in [1.82, 2.24) is 10.2 Å². The van der Waals surface area contributed by atoms with Crippen LogP contribution in [0, 0.1) is 0 Å². The number of benzene rings is 2. The average Bonchev–Trinajstić information content (AvgIpc) is 2.54. The first-order valence-corrected chi connectivity index (χ1v) is 8.61. The summed E-state index contributed by atoms with van der Waals surface area (Å²) in [5.74, 6) is -0.0130. The molecule has 3 nitrogen and oxygen atoms in total. The third-order valence-corrected chi connectivity index (χ3v) is 4.32. The summed E-state index contributed by atoms with van der Waals surface area (Å²) in [6.07, 6.45) is 1.11. The van der Waals surface area contributed by atoms with Crippen molar-refractivity contribution in [2.75, 3.05) is 6.54 Å². The molecule has 0 aromatic heterocycles. The number of carbonyl (C=O) groups excluding carboxylic acids is 1. The number of rotatable bonds is 3. The van der Waals surface area contributed by atoms with Crippen molar-refractivity contribution >= 4 is 5.91 Å². The molecule has 24 heavy (non-hydrogen) atoms. The molecule has 0 fully saturated rings. The molecule has 126 valence electrons. The third kappa shape index (κ3) is 4.24. The van der Waals surface area contributed by atoms with Crippen molar-refractivity contribution in [2.24, 2.45) is 0 Å². The Morgan fingerprint density at radius 2 is 1.71 bits per heavy atom. The van der Waals surface area contributed by atoms with Crippen molar-refractivity contribution < 1.29 is 4.79 Å². The number of amides is 1. The van der Waals surface area contributed by atoms with Gasteiger partial charge in [-0.25, -0.2) is 0 Å². The summed E-state index contributed by atoms with van der Waals surface area (Å²) < 4.78 is 0. The van der Waals surface area contributed by atoms with E-state index in [2.05, 4.69) is 46.6 Å². The molecule has 3 heteroatoms. The molecule has 3 rings (SSSR count). The lowest BCUT2D eigenvalue weighted by atomic mass is 9.99. The van der Waals surface area contributed by atoms with E-state index in [4.69, 9.17) is 0 Å². The fourth-order valence-corrected chi connectivity index (χ4v) is 3.12. The molecule has 0 atom stereocenters. The third-order valence-electron chi connectivity index (χ3n) is 4.32. The monoisotopic (exact) mass is 322 g/mol. The van der Waals surface area contributed by atoms with Gasteiger partial charge in [-0.15, -0.1) is 0 Å². The van der Waals surface area contributed by atoms with Crippen molar-refractivity contribution in [1.29, 1.82) is 0 Å². The Morgan fingerprint density at radius 1 is 1.04 bits per heavy atom. The highest BCUT2D eigenvalue weighted by atomic mass is 16.1. The van der Waals surface area contributed by atoms with E-state index < -0.39 is 0 Å². The zero-order valence-corrected chi connectivity index (χ0v) is 14.8. The minimum atomic E-state index is -0.211. The van der Waals surface area contributed by atoms with E-state index in [9.17, 15) is 4.79 Å². The molecule has 2 aromatic rings. The van der Waals surface area contributed by atoms with Gasteiger partial charge < -0.3 is 5.32 Å². The summed E-state index contributed by atoms with van der Waals surface area (Å²) in [4.78, 5) is 14.6. The Labute approximate surface area is 144 Å². The van der Waals surface area contributed by atoms with E-state index in [1.54, 1.807) is 0 Å². The second-order valence-corrected chi connectivity index (χ2v) is 7.63. The molecule has 0 spiro atoms. The van der Waals surface area contributed by atoms with Crippen LogP contribution in [-0.4, -0.2) is 22.9 Å². The summed E-state index contributed by atoms with van der Waals surface area (Å²) in [6.45, 7) is 9.00. The quantitative estimate of drug-likeness (QED) is 0.933. The number of hydrogen-bond acceptors (Lipinski definition) is 2. The molecule has 1 N–H and O–H groups in total. The number of nitrogens with one attached hydrogen (secondary N) is 1. The normalized spacial score (nSPS) is 15.0. The van der Waals surface area contributed by atoms with Crippen LogP contribution in [0.4, 0.5) is 0 Å². The van der Waals surface area contributed by atoms with E-state index in [-0.39, 0.29) is 11.4 Å². The Morgan fingerprint density at radius 3 is 2.38 bits per heavy atom. The smallest absolute Gasteiger partial charge is 0.251 e. The minimum absolute atomic E-state index is 0.0130. The van der Waals surface area contributed by atoms with Gasteiger partial charge in [-0.05, 0) is 56.0 Å². The van der Waals surface area contributed by atoms with Crippen LogP contribution in [0.2, 0.25) is 0 Å². The summed E-state index contributed by atoms with van der Waals surface area (Å²) in [5, 5.41) is 3.00. The highest BCUT2D eigenvalue weighted by Gasteiger charge is 2.17. The predicted octanol–water partition coefficient (Wildman–Crippen LogP) is 3.77. The first-order valence-electron chi connectivity index (χ1n) is 8.61. The standard InChI is InChI=1S/C21H26N2O/c1-21(2,3)22-20(24)18-10-8-16(9-11-18)14-23-13-12-17-6-4-5-7-19(17)15-23/h4-11H,12-15H2,1-3H3,(H,22,24). The maximum absolute atomic E-state index is 12.2. The van der Waals surface area contributed by atoms with Crippen LogP contribution in [0.5, 0.6) is 0 Å². The molecule has 1 amide bonds. The fraction of sp³-hybridized carbons (Fsp3) is 0.381. The number of hydrogen-bond donors (Lipinski definition) is 1. The molecule has 0 unspecified atom stereocenters. The summed E-state index contributed by atoms with van der Waals surface area (Å²) in [7, 11) is 0. The van der Waals surface area contributed by atoms with Gasteiger partial charge in [0, 0.05) is 30.7 Å². The van der Waals surface area contributed by atoms with E-state index in [1.165, 1.54) is 16.7 Å². The van der Waals surface area contributed by atoms with Crippen LogP contribution in [0.15, 0.2) is 48.5 Å². The maximum atomic E-state index is 12.2. The lowest BCUT2D eigenvalue weighted by Crippen LogP contribution is -2.40. The SMILES string of the molecule is CC(C)(C)NC(=O)c1ccc(CN2CCc3ccccc3C2)cc1. The molecule has 0 bridgehead atoms. The maximum Gasteiger partial charge on any atom is 0.251 e. The van der Waals surface area contributed by atoms with Gasteiger partial charge in [-0.2, -0.15) is 0 Å². The topological polar surface area (TPSA) is 32.3 Å². The van der Waals surface area contributed by atoms with Crippen LogP contribution >= 0.6 is 0 Å². The Balaban J connectivity index is 1.62. The number of fused-ring (bicyclic) bond motifs is 1.